The summed E-state index contributed by atoms with van der Waals surface area (Å²) in [5.41, 5.74) is 6.46. The molecular weight excluding hydrogens is 236 g/mol. The Morgan fingerprint density at radius 3 is 2.47 bits per heavy atom. The Bertz CT molecular complexity index is 366. The van der Waals surface area contributed by atoms with Crippen LogP contribution in [0.3, 0.4) is 0 Å². The monoisotopic (exact) mass is 266 g/mol. The van der Waals surface area contributed by atoms with E-state index in [0.717, 1.165) is 38.3 Å². The van der Waals surface area contributed by atoms with Crippen LogP contribution in [0.2, 0.25) is 0 Å². The molecule has 0 fully saturated rings. The topological polar surface area (TPSA) is 47.1 Å². The minimum Gasteiger partial charge on any atom is -0.335 e. The van der Waals surface area contributed by atoms with Crippen molar-refractivity contribution in [2.24, 2.45) is 5.73 Å². The van der Waals surface area contributed by atoms with Gasteiger partial charge in [0.25, 0.3) is 0 Å². The summed E-state index contributed by atoms with van der Waals surface area (Å²) in [4.78, 5) is 6.89. The highest BCUT2D eigenvalue weighted by Gasteiger charge is 2.32. The lowest BCUT2D eigenvalue weighted by Gasteiger charge is -2.41. The first-order chi connectivity index (χ1) is 8.97. The van der Waals surface area contributed by atoms with Gasteiger partial charge in [-0.25, -0.2) is 4.98 Å². The van der Waals surface area contributed by atoms with Crippen LogP contribution in [0.5, 0.6) is 0 Å². The van der Waals surface area contributed by atoms with Gasteiger partial charge in [-0.1, -0.05) is 20.8 Å². The molecule has 1 aromatic rings. The van der Waals surface area contributed by atoms with Gasteiger partial charge in [-0.3, -0.25) is 4.90 Å². The Morgan fingerprint density at radius 1 is 1.32 bits per heavy atom. The number of aryl methyl sites for hydroxylation is 1. The zero-order valence-corrected chi connectivity index (χ0v) is 13.2. The first-order valence-corrected chi connectivity index (χ1v) is 7.47. The number of hydrogen-bond acceptors (Lipinski definition) is 3. The van der Waals surface area contributed by atoms with Crippen molar-refractivity contribution in [1.29, 1.82) is 0 Å². The molecule has 0 saturated carbocycles. The lowest BCUT2D eigenvalue weighted by atomic mass is 9.90. The first-order valence-electron chi connectivity index (χ1n) is 7.47. The summed E-state index contributed by atoms with van der Waals surface area (Å²) < 4.78 is 2.22. The van der Waals surface area contributed by atoms with Crippen LogP contribution in [0.4, 0.5) is 0 Å². The fraction of sp³-hybridized carbons (Fsp3) is 0.800. The summed E-state index contributed by atoms with van der Waals surface area (Å²) in [5, 5.41) is 0. The summed E-state index contributed by atoms with van der Waals surface area (Å²) in [6.45, 7) is 14.1. The highest BCUT2D eigenvalue weighted by atomic mass is 15.2. The molecule has 0 bridgehead atoms. The minimum atomic E-state index is -0.00745. The summed E-state index contributed by atoms with van der Waals surface area (Å²) in [6, 6.07) is 0.0883. The number of likely N-dealkylation sites (N-methyl/N-ethyl adjacent to an activating group) is 1. The smallest absolute Gasteiger partial charge is 0.110 e. The molecule has 1 atom stereocenters. The van der Waals surface area contributed by atoms with E-state index in [1.54, 1.807) is 0 Å². The fourth-order valence-electron chi connectivity index (χ4n) is 2.69. The molecule has 0 aliphatic heterocycles. The number of imidazole rings is 1. The van der Waals surface area contributed by atoms with Crippen LogP contribution in [-0.2, 0) is 13.0 Å². The van der Waals surface area contributed by atoms with Gasteiger partial charge in [0.05, 0.1) is 0 Å². The Kier molecular flexibility index (Phi) is 6.01. The van der Waals surface area contributed by atoms with Gasteiger partial charge >= 0.3 is 0 Å². The molecule has 1 heterocycles. The molecule has 4 heteroatoms. The standard InChI is InChI=1S/C15H30N4/c1-6-10-18-11-9-17-14(18)12-13(16)15(4,5)19(7-2)8-3/h9,11,13H,6-8,10,12,16H2,1-5H3. The van der Waals surface area contributed by atoms with Crippen molar-refractivity contribution in [3.63, 3.8) is 0 Å². The third kappa shape index (κ3) is 3.80. The number of nitrogens with zero attached hydrogens (tertiary/aromatic N) is 3. The van der Waals surface area contributed by atoms with E-state index in [4.69, 9.17) is 5.73 Å². The number of nitrogens with two attached hydrogens (primary N) is 1. The molecule has 0 spiro atoms. The molecule has 0 saturated heterocycles. The van der Waals surface area contributed by atoms with Crippen molar-refractivity contribution in [2.45, 2.75) is 65.6 Å². The Hall–Kier alpha value is -0.870. The van der Waals surface area contributed by atoms with Gasteiger partial charge in [-0.15, -0.1) is 0 Å². The summed E-state index contributed by atoms with van der Waals surface area (Å²) >= 11 is 0. The van der Waals surface area contributed by atoms with Crippen LogP contribution < -0.4 is 5.73 Å². The third-order valence-electron chi connectivity index (χ3n) is 4.15. The van der Waals surface area contributed by atoms with Crippen molar-refractivity contribution < 1.29 is 0 Å². The molecule has 1 aromatic heterocycles. The summed E-state index contributed by atoms with van der Waals surface area (Å²) in [6.07, 6.45) is 5.88. The van der Waals surface area contributed by atoms with E-state index in [1.807, 2.05) is 6.20 Å². The van der Waals surface area contributed by atoms with Gasteiger partial charge in [-0.2, -0.15) is 0 Å². The highest BCUT2D eigenvalue weighted by molar-refractivity contribution is 5.01. The second-order valence-corrected chi connectivity index (χ2v) is 5.67. The maximum absolute atomic E-state index is 6.46. The van der Waals surface area contributed by atoms with E-state index in [2.05, 4.69) is 55.3 Å². The largest absolute Gasteiger partial charge is 0.335 e. The van der Waals surface area contributed by atoms with Crippen LogP contribution in [0.15, 0.2) is 12.4 Å². The lowest BCUT2D eigenvalue weighted by molar-refractivity contribution is 0.105. The molecule has 4 nitrogen and oxygen atoms in total. The SMILES string of the molecule is CCCn1ccnc1CC(N)C(C)(C)N(CC)CC. The number of aromatic nitrogens is 2. The second kappa shape index (κ2) is 7.06. The van der Waals surface area contributed by atoms with Gasteiger partial charge in [0, 0.05) is 36.9 Å². The van der Waals surface area contributed by atoms with Gasteiger partial charge in [0.15, 0.2) is 0 Å². The Labute approximate surface area is 118 Å². The van der Waals surface area contributed by atoms with Gasteiger partial charge < -0.3 is 10.3 Å². The molecule has 1 unspecified atom stereocenters. The maximum Gasteiger partial charge on any atom is 0.110 e. The van der Waals surface area contributed by atoms with Gasteiger partial charge in [0.1, 0.15) is 5.82 Å². The predicted molar refractivity (Wildman–Crippen MR) is 81.2 cm³/mol. The molecule has 110 valence electrons. The molecule has 19 heavy (non-hydrogen) atoms. The molecule has 0 aliphatic carbocycles. The molecular formula is C15H30N4. The summed E-state index contributed by atoms with van der Waals surface area (Å²) in [7, 11) is 0. The van der Waals surface area contributed by atoms with Crippen molar-refractivity contribution in [1.82, 2.24) is 14.5 Å². The van der Waals surface area contributed by atoms with Gasteiger partial charge in [0.2, 0.25) is 0 Å². The van der Waals surface area contributed by atoms with E-state index in [9.17, 15) is 0 Å². The van der Waals surface area contributed by atoms with Crippen LogP contribution in [-0.4, -0.2) is 39.1 Å². The van der Waals surface area contributed by atoms with Crippen LogP contribution in [0.25, 0.3) is 0 Å². The quantitative estimate of drug-likeness (QED) is 0.785. The highest BCUT2D eigenvalue weighted by Crippen LogP contribution is 2.20. The predicted octanol–water partition coefficient (Wildman–Crippen LogP) is 2.28. The molecule has 0 amide bonds. The zero-order valence-electron chi connectivity index (χ0n) is 13.2. The van der Waals surface area contributed by atoms with E-state index in [0.29, 0.717) is 0 Å². The van der Waals surface area contributed by atoms with Crippen molar-refractivity contribution in [3.05, 3.63) is 18.2 Å². The van der Waals surface area contributed by atoms with E-state index < -0.39 is 0 Å². The number of rotatable bonds is 8. The molecule has 2 N–H and O–H groups in total. The van der Waals surface area contributed by atoms with Crippen molar-refractivity contribution in [2.75, 3.05) is 13.1 Å². The second-order valence-electron chi connectivity index (χ2n) is 5.67. The molecule has 0 aromatic carbocycles. The maximum atomic E-state index is 6.46. The average molecular weight is 266 g/mol. The third-order valence-corrected chi connectivity index (χ3v) is 4.15. The first kappa shape index (κ1) is 16.2. The van der Waals surface area contributed by atoms with Gasteiger partial charge in [-0.05, 0) is 33.4 Å². The van der Waals surface area contributed by atoms with Crippen molar-refractivity contribution >= 4 is 0 Å². The lowest BCUT2D eigenvalue weighted by Crippen LogP contribution is -2.57. The number of hydrogen-bond donors (Lipinski definition) is 1. The fourth-order valence-corrected chi connectivity index (χ4v) is 2.69. The molecule has 0 aliphatic rings. The van der Waals surface area contributed by atoms with E-state index >= 15 is 0 Å². The average Bonchev–Trinajstić information content (AvgIpc) is 2.78. The molecule has 1 rings (SSSR count). The summed E-state index contributed by atoms with van der Waals surface area (Å²) in [5.74, 6) is 1.11. The van der Waals surface area contributed by atoms with E-state index in [1.165, 1.54) is 0 Å². The van der Waals surface area contributed by atoms with Crippen LogP contribution in [0.1, 0.15) is 46.9 Å². The Balaban J connectivity index is 2.77. The molecule has 0 radical (unpaired) electrons. The van der Waals surface area contributed by atoms with Crippen molar-refractivity contribution in [3.8, 4) is 0 Å². The Morgan fingerprint density at radius 2 is 1.95 bits per heavy atom. The van der Waals surface area contributed by atoms with E-state index in [-0.39, 0.29) is 11.6 Å². The van der Waals surface area contributed by atoms with Crippen LogP contribution >= 0.6 is 0 Å². The normalized spacial score (nSPS) is 14.1. The zero-order chi connectivity index (χ0) is 14.5. The van der Waals surface area contributed by atoms with Crippen LogP contribution in [0, 0.1) is 0 Å². The minimum absolute atomic E-state index is 0.00745.